The van der Waals surface area contributed by atoms with E-state index in [1.54, 1.807) is 51.1 Å². The number of hydroxylamine groups is 1. The normalized spacial score (nSPS) is 17.0. The number of aromatic nitrogens is 2. The predicted octanol–water partition coefficient (Wildman–Crippen LogP) is 3.12. The van der Waals surface area contributed by atoms with Crippen LogP contribution in [0.25, 0.3) is 0 Å². The van der Waals surface area contributed by atoms with Crippen LogP contribution in [0.2, 0.25) is 0 Å². The Morgan fingerprint density at radius 2 is 1.90 bits per heavy atom. The Hall–Kier alpha value is -3.08. The lowest BCUT2D eigenvalue weighted by Crippen LogP contribution is -2.53. The van der Waals surface area contributed by atoms with Gasteiger partial charge in [0.15, 0.2) is 5.69 Å². The molecule has 1 aliphatic rings. The molecule has 11 heteroatoms. The third-order valence-electron chi connectivity index (χ3n) is 4.28. The van der Waals surface area contributed by atoms with Gasteiger partial charge in [-0.15, -0.1) is 0 Å². The van der Waals surface area contributed by atoms with E-state index in [2.05, 4.69) is 10.4 Å². The second-order valence-electron chi connectivity index (χ2n) is 7.84. The second-order valence-corrected chi connectivity index (χ2v) is 7.84. The first-order valence-electron chi connectivity index (χ1n) is 9.10. The van der Waals surface area contributed by atoms with E-state index >= 15 is 0 Å². The van der Waals surface area contributed by atoms with Crippen LogP contribution in [0.1, 0.15) is 37.7 Å². The van der Waals surface area contributed by atoms with E-state index in [1.165, 1.54) is 0 Å². The van der Waals surface area contributed by atoms with E-state index in [-0.39, 0.29) is 23.7 Å². The number of ether oxygens (including phenoxy) is 1. The first kappa shape index (κ1) is 21.6. The van der Waals surface area contributed by atoms with E-state index < -0.39 is 41.2 Å². The number of carbonyl (C=O) groups excluding carboxylic acids is 2. The number of halogens is 3. The highest BCUT2D eigenvalue weighted by Gasteiger charge is 2.46. The van der Waals surface area contributed by atoms with E-state index in [0.717, 1.165) is 4.68 Å². The number of rotatable bonds is 3. The molecule has 2 aromatic rings. The summed E-state index contributed by atoms with van der Waals surface area (Å²) in [5.41, 5.74) is -2.31. The lowest BCUT2D eigenvalue weighted by molar-refractivity contribution is -0.141. The van der Waals surface area contributed by atoms with Crippen molar-refractivity contribution in [3.63, 3.8) is 0 Å². The smallest absolute Gasteiger partial charge is 0.437 e. The summed E-state index contributed by atoms with van der Waals surface area (Å²) in [7, 11) is 0. The molecule has 30 heavy (non-hydrogen) atoms. The molecule has 1 aromatic carbocycles. The predicted molar refractivity (Wildman–Crippen MR) is 98.9 cm³/mol. The van der Waals surface area contributed by atoms with Crippen LogP contribution in [-0.2, 0) is 28.7 Å². The number of hydrogen-bond acceptors (Lipinski definition) is 5. The fourth-order valence-corrected chi connectivity index (χ4v) is 3.09. The average molecular weight is 426 g/mol. The lowest BCUT2D eigenvalue weighted by atomic mass is 10.0. The van der Waals surface area contributed by atoms with Crippen molar-refractivity contribution in [2.24, 2.45) is 0 Å². The third kappa shape index (κ3) is 4.56. The summed E-state index contributed by atoms with van der Waals surface area (Å²) in [6.45, 7) is 4.85. The summed E-state index contributed by atoms with van der Waals surface area (Å²) in [5, 5.41) is 16.0. The topological polar surface area (TPSA) is 96.7 Å². The fourth-order valence-electron chi connectivity index (χ4n) is 3.09. The van der Waals surface area contributed by atoms with Crippen LogP contribution < -0.4 is 10.4 Å². The maximum Gasteiger partial charge on any atom is 0.437 e. The van der Waals surface area contributed by atoms with Gasteiger partial charge >= 0.3 is 12.3 Å². The van der Waals surface area contributed by atoms with Gasteiger partial charge in [0.1, 0.15) is 17.3 Å². The molecule has 0 spiro atoms. The molecular weight excluding hydrogens is 405 g/mol. The Labute approximate surface area is 170 Å². The van der Waals surface area contributed by atoms with Crippen LogP contribution in [-0.4, -0.2) is 38.6 Å². The van der Waals surface area contributed by atoms with Gasteiger partial charge in [0.2, 0.25) is 0 Å². The summed E-state index contributed by atoms with van der Waals surface area (Å²) in [6, 6.07) is 7.32. The number of carbonyl (C=O) groups is 2. The van der Waals surface area contributed by atoms with Gasteiger partial charge in [0.25, 0.3) is 5.91 Å². The molecule has 0 aliphatic carbocycles. The van der Waals surface area contributed by atoms with E-state index in [9.17, 15) is 28.0 Å². The quantitative estimate of drug-likeness (QED) is 0.736. The molecule has 2 amide bonds. The van der Waals surface area contributed by atoms with Crippen LogP contribution in [0.15, 0.2) is 30.3 Å². The lowest BCUT2D eigenvalue weighted by Gasteiger charge is -2.30. The number of alkyl carbamates (subject to hydrolysis) is 1. The van der Waals surface area contributed by atoms with Gasteiger partial charge in [-0.3, -0.25) is 14.7 Å². The van der Waals surface area contributed by atoms with Gasteiger partial charge in [-0.05, 0) is 26.3 Å². The molecule has 162 valence electrons. The van der Waals surface area contributed by atoms with Crippen molar-refractivity contribution in [3.05, 3.63) is 47.3 Å². The van der Waals surface area contributed by atoms with Gasteiger partial charge in [0.05, 0.1) is 12.2 Å². The molecule has 0 unspecified atom stereocenters. The molecule has 1 aliphatic heterocycles. The number of nitrogens with zero attached hydrogens (tertiary/aromatic N) is 3. The number of benzene rings is 1. The SMILES string of the molecule is CC(C)(C)OC(=O)N[C@H]1Cc2c(c(C(F)(F)F)nn2Cc2ccccc2)N(O)C1=O. The van der Waals surface area contributed by atoms with Gasteiger partial charge in [-0.1, -0.05) is 30.3 Å². The molecule has 1 aromatic heterocycles. The molecule has 0 fully saturated rings. The zero-order chi connectivity index (χ0) is 22.3. The summed E-state index contributed by atoms with van der Waals surface area (Å²) in [5.74, 6) is -1.11. The van der Waals surface area contributed by atoms with Crippen LogP contribution in [0.5, 0.6) is 0 Å². The number of alkyl halides is 3. The Morgan fingerprint density at radius 1 is 1.27 bits per heavy atom. The standard InChI is InChI=1S/C19H21F3N4O4/c1-18(2,3)30-17(28)23-12-9-13-14(26(29)16(12)27)15(19(20,21)22)24-25(13)10-11-7-5-4-6-8-11/h4-8,12,29H,9-10H2,1-3H3,(H,23,28)/t12-/m0/s1. The molecule has 0 radical (unpaired) electrons. The van der Waals surface area contributed by atoms with Crippen molar-refractivity contribution < 1.29 is 32.7 Å². The van der Waals surface area contributed by atoms with Crippen LogP contribution in [0.3, 0.4) is 0 Å². The van der Waals surface area contributed by atoms with E-state index in [1.807, 2.05) is 0 Å². The third-order valence-corrected chi connectivity index (χ3v) is 4.28. The minimum Gasteiger partial charge on any atom is -0.444 e. The molecular formula is C19H21F3N4O4. The largest absolute Gasteiger partial charge is 0.444 e. The molecule has 8 nitrogen and oxygen atoms in total. The Balaban J connectivity index is 1.97. The minimum absolute atomic E-state index is 0.0135. The van der Waals surface area contributed by atoms with Crippen molar-refractivity contribution in [1.82, 2.24) is 15.1 Å². The van der Waals surface area contributed by atoms with Crippen molar-refractivity contribution in [2.75, 3.05) is 5.06 Å². The number of amides is 2. The molecule has 2 N–H and O–H groups in total. The minimum atomic E-state index is -4.89. The highest BCUT2D eigenvalue weighted by atomic mass is 19.4. The van der Waals surface area contributed by atoms with Crippen molar-refractivity contribution in [1.29, 1.82) is 0 Å². The molecule has 0 bridgehead atoms. The van der Waals surface area contributed by atoms with Crippen molar-refractivity contribution in [2.45, 2.75) is 51.6 Å². The van der Waals surface area contributed by atoms with E-state index in [4.69, 9.17) is 4.74 Å². The van der Waals surface area contributed by atoms with E-state index in [0.29, 0.717) is 5.56 Å². The van der Waals surface area contributed by atoms with Gasteiger partial charge in [0, 0.05) is 6.42 Å². The Bertz CT molecular complexity index is 951. The van der Waals surface area contributed by atoms with Crippen LogP contribution in [0, 0.1) is 0 Å². The van der Waals surface area contributed by atoms with Gasteiger partial charge in [-0.2, -0.15) is 23.3 Å². The average Bonchev–Trinajstić information content (AvgIpc) is 2.97. The molecule has 1 atom stereocenters. The van der Waals surface area contributed by atoms with Gasteiger partial charge < -0.3 is 10.1 Å². The molecule has 0 saturated carbocycles. The Kier molecular flexibility index (Phi) is 5.50. The summed E-state index contributed by atoms with van der Waals surface area (Å²) in [4.78, 5) is 24.5. The highest BCUT2D eigenvalue weighted by Crippen LogP contribution is 2.40. The molecule has 0 saturated heterocycles. The maximum atomic E-state index is 13.5. The number of anilines is 1. The highest BCUT2D eigenvalue weighted by molar-refractivity contribution is 6.00. The van der Waals surface area contributed by atoms with Gasteiger partial charge in [-0.25, -0.2) is 4.79 Å². The molecule has 3 rings (SSSR count). The van der Waals surface area contributed by atoms with Crippen molar-refractivity contribution >= 4 is 17.7 Å². The monoisotopic (exact) mass is 426 g/mol. The number of fused-ring (bicyclic) bond motifs is 1. The van der Waals surface area contributed by atoms with Crippen LogP contribution in [0.4, 0.5) is 23.7 Å². The first-order chi connectivity index (χ1) is 13.9. The van der Waals surface area contributed by atoms with Crippen molar-refractivity contribution in [3.8, 4) is 0 Å². The maximum absolute atomic E-state index is 13.5. The first-order valence-corrected chi connectivity index (χ1v) is 9.10. The zero-order valence-electron chi connectivity index (χ0n) is 16.5. The summed E-state index contributed by atoms with van der Waals surface area (Å²) >= 11 is 0. The second kappa shape index (κ2) is 7.63. The Morgan fingerprint density at radius 3 is 2.47 bits per heavy atom. The fraction of sp³-hybridized carbons (Fsp3) is 0.421. The molecule has 2 heterocycles. The number of hydrogen-bond donors (Lipinski definition) is 2. The number of nitrogens with one attached hydrogen (secondary N) is 1. The zero-order valence-corrected chi connectivity index (χ0v) is 16.5. The summed E-state index contributed by atoms with van der Waals surface area (Å²) in [6.07, 6.45) is -6.11. The van der Waals surface area contributed by atoms with Crippen LogP contribution >= 0.6 is 0 Å². The summed E-state index contributed by atoms with van der Waals surface area (Å²) < 4.78 is 46.7.